The van der Waals surface area contributed by atoms with E-state index in [9.17, 15) is 5.11 Å². The Morgan fingerprint density at radius 3 is 2.56 bits per heavy atom. The number of phenolic OH excluding ortho intramolecular Hbond substituents is 1. The molecular weight excluding hydrogens is 198 g/mol. The fourth-order valence-electron chi connectivity index (χ4n) is 1.76. The molecule has 0 aliphatic carbocycles. The molecule has 1 aromatic rings. The van der Waals surface area contributed by atoms with Crippen LogP contribution in [-0.2, 0) is 6.42 Å². The van der Waals surface area contributed by atoms with Crippen molar-refractivity contribution in [3.63, 3.8) is 0 Å². The molecule has 16 heavy (non-hydrogen) atoms. The SMILES string of the molecule is CCCCNc1cccc(O)c1CCCC. The van der Waals surface area contributed by atoms with E-state index in [1.807, 2.05) is 6.07 Å². The monoisotopic (exact) mass is 221 g/mol. The summed E-state index contributed by atoms with van der Waals surface area (Å²) in [4.78, 5) is 0. The molecular formula is C14H23NO. The number of unbranched alkanes of at least 4 members (excludes halogenated alkanes) is 2. The molecule has 0 aliphatic heterocycles. The van der Waals surface area contributed by atoms with Crippen LogP contribution in [0.1, 0.15) is 45.1 Å². The molecule has 0 spiro atoms. The molecule has 1 aromatic carbocycles. The highest BCUT2D eigenvalue weighted by Crippen LogP contribution is 2.27. The molecule has 1 rings (SSSR count). The van der Waals surface area contributed by atoms with Gasteiger partial charge in [0, 0.05) is 17.8 Å². The van der Waals surface area contributed by atoms with Crippen molar-refractivity contribution in [1.29, 1.82) is 0 Å². The average Bonchev–Trinajstić information content (AvgIpc) is 2.28. The molecule has 2 N–H and O–H groups in total. The summed E-state index contributed by atoms with van der Waals surface area (Å²) in [6.07, 6.45) is 5.60. The van der Waals surface area contributed by atoms with Crippen molar-refractivity contribution in [2.24, 2.45) is 0 Å². The van der Waals surface area contributed by atoms with E-state index in [1.54, 1.807) is 6.07 Å². The van der Waals surface area contributed by atoms with Crippen molar-refractivity contribution >= 4 is 5.69 Å². The normalized spacial score (nSPS) is 10.4. The quantitative estimate of drug-likeness (QED) is 0.683. The number of anilines is 1. The summed E-state index contributed by atoms with van der Waals surface area (Å²) in [5.74, 6) is 0.426. The largest absolute Gasteiger partial charge is 0.508 e. The van der Waals surface area contributed by atoms with Crippen molar-refractivity contribution < 1.29 is 5.11 Å². The van der Waals surface area contributed by atoms with E-state index in [1.165, 1.54) is 12.8 Å². The van der Waals surface area contributed by atoms with Gasteiger partial charge in [-0.1, -0.05) is 32.8 Å². The first-order valence-corrected chi connectivity index (χ1v) is 6.34. The minimum Gasteiger partial charge on any atom is -0.508 e. The van der Waals surface area contributed by atoms with Gasteiger partial charge in [0.2, 0.25) is 0 Å². The second-order valence-corrected chi connectivity index (χ2v) is 4.19. The molecule has 0 aromatic heterocycles. The fraction of sp³-hybridized carbons (Fsp3) is 0.571. The van der Waals surface area contributed by atoms with Gasteiger partial charge in [-0.3, -0.25) is 0 Å². The van der Waals surface area contributed by atoms with Crippen LogP contribution in [0.15, 0.2) is 18.2 Å². The molecule has 0 heterocycles. The van der Waals surface area contributed by atoms with Crippen molar-refractivity contribution in [3.8, 4) is 5.75 Å². The molecule has 0 aliphatic rings. The number of phenols is 1. The minimum atomic E-state index is 0.426. The smallest absolute Gasteiger partial charge is 0.120 e. The number of hydrogen-bond donors (Lipinski definition) is 2. The maximum absolute atomic E-state index is 9.83. The second kappa shape index (κ2) is 7.15. The van der Waals surface area contributed by atoms with Gasteiger partial charge in [0.05, 0.1) is 0 Å². The average molecular weight is 221 g/mol. The van der Waals surface area contributed by atoms with Gasteiger partial charge < -0.3 is 10.4 Å². The van der Waals surface area contributed by atoms with Gasteiger partial charge in [-0.25, -0.2) is 0 Å². The molecule has 2 heteroatoms. The van der Waals surface area contributed by atoms with E-state index < -0.39 is 0 Å². The third-order valence-corrected chi connectivity index (χ3v) is 2.78. The lowest BCUT2D eigenvalue weighted by Gasteiger charge is -2.13. The van der Waals surface area contributed by atoms with Crippen LogP contribution in [0.25, 0.3) is 0 Å². The molecule has 0 atom stereocenters. The van der Waals surface area contributed by atoms with Crippen LogP contribution in [0.2, 0.25) is 0 Å². The van der Waals surface area contributed by atoms with E-state index in [0.29, 0.717) is 5.75 Å². The molecule has 0 saturated carbocycles. The van der Waals surface area contributed by atoms with Gasteiger partial charge in [-0.2, -0.15) is 0 Å². The highest BCUT2D eigenvalue weighted by atomic mass is 16.3. The van der Waals surface area contributed by atoms with Gasteiger partial charge in [0.25, 0.3) is 0 Å². The maximum atomic E-state index is 9.83. The number of aromatic hydroxyl groups is 1. The minimum absolute atomic E-state index is 0.426. The molecule has 0 amide bonds. The summed E-state index contributed by atoms with van der Waals surface area (Å²) in [6.45, 7) is 5.34. The Labute approximate surface area is 98.7 Å². The third kappa shape index (κ3) is 3.76. The van der Waals surface area contributed by atoms with E-state index in [-0.39, 0.29) is 0 Å². The summed E-state index contributed by atoms with van der Waals surface area (Å²) in [6, 6.07) is 5.73. The zero-order valence-electron chi connectivity index (χ0n) is 10.4. The Kier molecular flexibility index (Phi) is 5.76. The van der Waals surface area contributed by atoms with Crippen molar-refractivity contribution in [3.05, 3.63) is 23.8 Å². The molecule has 0 fully saturated rings. The molecule has 0 radical (unpaired) electrons. The van der Waals surface area contributed by atoms with Gasteiger partial charge in [0.1, 0.15) is 5.75 Å². The number of benzene rings is 1. The zero-order chi connectivity index (χ0) is 11.8. The van der Waals surface area contributed by atoms with Crippen LogP contribution in [0.5, 0.6) is 5.75 Å². The van der Waals surface area contributed by atoms with Crippen molar-refractivity contribution in [2.75, 3.05) is 11.9 Å². The predicted molar refractivity (Wildman–Crippen MR) is 70.1 cm³/mol. The standard InChI is InChI=1S/C14H23NO/c1-3-5-8-12-13(15-11-6-4-2)9-7-10-14(12)16/h7,9-10,15-16H,3-6,8,11H2,1-2H3. The number of hydrogen-bond acceptors (Lipinski definition) is 2. The topological polar surface area (TPSA) is 32.3 Å². The Hall–Kier alpha value is -1.18. The number of rotatable bonds is 7. The molecule has 2 nitrogen and oxygen atoms in total. The Morgan fingerprint density at radius 1 is 1.12 bits per heavy atom. The predicted octanol–water partition coefficient (Wildman–Crippen LogP) is 3.95. The zero-order valence-corrected chi connectivity index (χ0v) is 10.4. The van der Waals surface area contributed by atoms with E-state index in [0.717, 1.165) is 37.1 Å². The van der Waals surface area contributed by atoms with Crippen LogP contribution in [0.4, 0.5) is 5.69 Å². The van der Waals surface area contributed by atoms with Gasteiger partial charge in [0.15, 0.2) is 0 Å². The summed E-state index contributed by atoms with van der Waals surface area (Å²) in [5.41, 5.74) is 2.17. The van der Waals surface area contributed by atoms with Crippen LogP contribution in [0, 0.1) is 0 Å². The number of nitrogens with one attached hydrogen (secondary N) is 1. The van der Waals surface area contributed by atoms with E-state index in [2.05, 4.69) is 25.2 Å². The lowest BCUT2D eigenvalue weighted by atomic mass is 10.0. The molecule has 0 saturated heterocycles. The second-order valence-electron chi connectivity index (χ2n) is 4.19. The summed E-state index contributed by atoms with van der Waals surface area (Å²) >= 11 is 0. The molecule has 90 valence electrons. The first-order chi connectivity index (χ1) is 7.79. The fourth-order valence-corrected chi connectivity index (χ4v) is 1.76. The Balaban J connectivity index is 2.68. The van der Waals surface area contributed by atoms with Gasteiger partial charge in [-0.05, 0) is 31.4 Å². The summed E-state index contributed by atoms with van der Waals surface area (Å²) < 4.78 is 0. The van der Waals surface area contributed by atoms with Crippen molar-refractivity contribution in [2.45, 2.75) is 46.0 Å². The first-order valence-electron chi connectivity index (χ1n) is 6.34. The highest BCUT2D eigenvalue weighted by Gasteiger charge is 2.06. The van der Waals surface area contributed by atoms with Crippen LogP contribution in [0.3, 0.4) is 0 Å². The lowest BCUT2D eigenvalue weighted by molar-refractivity contribution is 0.467. The summed E-state index contributed by atoms with van der Waals surface area (Å²) in [7, 11) is 0. The van der Waals surface area contributed by atoms with Crippen molar-refractivity contribution in [1.82, 2.24) is 0 Å². The van der Waals surface area contributed by atoms with Gasteiger partial charge in [-0.15, -0.1) is 0 Å². The third-order valence-electron chi connectivity index (χ3n) is 2.78. The lowest BCUT2D eigenvalue weighted by Crippen LogP contribution is -2.04. The Bertz CT molecular complexity index is 310. The van der Waals surface area contributed by atoms with Gasteiger partial charge >= 0.3 is 0 Å². The van der Waals surface area contributed by atoms with E-state index >= 15 is 0 Å². The Morgan fingerprint density at radius 2 is 1.88 bits per heavy atom. The molecule has 0 bridgehead atoms. The summed E-state index contributed by atoms with van der Waals surface area (Å²) in [5, 5.41) is 13.2. The molecule has 0 unspecified atom stereocenters. The van der Waals surface area contributed by atoms with Crippen LogP contribution in [-0.4, -0.2) is 11.7 Å². The maximum Gasteiger partial charge on any atom is 0.120 e. The van der Waals surface area contributed by atoms with Crippen LogP contribution >= 0.6 is 0 Å². The highest BCUT2D eigenvalue weighted by molar-refractivity contribution is 5.57. The van der Waals surface area contributed by atoms with Crippen LogP contribution < -0.4 is 5.32 Å². The first kappa shape index (κ1) is 12.9. The van der Waals surface area contributed by atoms with E-state index in [4.69, 9.17) is 0 Å².